The van der Waals surface area contributed by atoms with Gasteiger partial charge in [-0.2, -0.15) is 0 Å². The van der Waals surface area contributed by atoms with Gasteiger partial charge in [-0.15, -0.1) is 10.2 Å². The second kappa shape index (κ2) is 10.4. The topological polar surface area (TPSA) is 110 Å². The first-order valence-corrected chi connectivity index (χ1v) is 14.5. The second-order valence-corrected chi connectivity index (χ2v) is 13.4. The number of carbonyl (C=O) groups excluding carboxylic acids is 2. The van der Waals surface area contributed by atoms with Crippen molar-refractivity contribution in [3.8, 4) is 11.5 Å². The summed E-state index contributed by atoms with van der Waals surface area (Å²) in [6.07, 6.45) is 0.528. The first kappa shape index (κ1) is 29.5. The molecule has 2 aliphatic rings. The SMILES string of the molecule is CC1CC(C)(C)n2c(-c3cccc(N4Cc5c(cc(N(C)C(C)C)nc5CN(C)C(=O)OC(C)(C)C)C4=O)n3)nnc21. The first-order chi connectivity index (χ1) is 19.6. The number of fused-ring (bicyclic) bond motifs is 2. The molecule has 0 saturated heterocycles. The minimum Gasteiger partial charge on any atom is -0.444 e. The van der Waals surface area contributed by atoms with Crippen LogP contribution in [0.1, 0.15) is 95.2 Å². The van der Waals surface area contributed by atoms with Crippen LogP contribution < -0.4 is 9.80 Å². The highest BCUT2D eigenvalue weighted by Gasteiger charge is 2.39. The number of ether oxygens (including phenoxy) is 1. The molecule has 42 heavy (non-hydrogen) atoms. The Morgan fingerprint density at radius 1 is 1.17 bits per heavy atom. The number of hydrogen-bond acceptors (Lipinski definition) is 8. The summed E-state index contributed by atoms with van der Waals surface area (Å²) in [7, 11) is 3.63. The molecule has 224 valence electrons. The van der Waals surface area contributed by atoms with E-state index in [1.807, 2.05) is 57.0 Å². The largest absolute Gasteiger partial charge is 0.444 e. The van der Waals surface area contributed by atoms with Crippen LogP contribution in [0.25, 0.3) is 11.5 Å². The molecule has 5 rings (SSSR count). The lowest BCUT2D eigenvalue weighted by atomic mass is 9.97. The van der Waals surface area contributed by atoms with E-state index in [4.69, 9.17) is 14.7 Å². The molecule has 1 unspecified atom stereocenters. The third-order valence-corrected chi connectivity index (χ3v) is 8.00. The fourth-order valence-electron chi connectivity index (χ4n) is 5.75. The Morgan fingerprint density at radius 3 is 2.55 bits per heavy atom. The first-order valence-electron chi connectivity index (χ1n) is 14.5. The highest BCUT2D eigenvalue weighted by Crippen LogP contribution is 2.42. The summed E-state index contributed by atoms with van der Waals surface area (Å²) in [6, 6.07) is 7.65. The molecule has 3 aromatic rings. The quantitative estimate of drug-likeness (QED) is 0.388. The molecule has 0 aromatic carbocycles. The number of rotatable bonds is 6. The van der Waals surface area contributed by atoms with Crippen molar-refractivity contribution in [3.63, 3.8) is 0 Å². The standard InChI is InChI=1S/C31H42N8O3/c1-18(2)37(10)25-14-20-21(23(33-25)17-36(9)29(41)42-30(4,5)6)16-38(28(20)40)24-13-11-12-22(32-24)27-35-34-26-19(3)15-31(7,8)39(26)27/h11-14,18-19H,15-17H2,1-10H3. The minimum atomic E-state index is -0.623. The number of carbonyl (C=O) groups is 2. The number of hydrogen-bond donors (Lipinski definition) is 0. The number of amides is 2. The molecule has 2 aliphatic heterocycles. The zero-order valence-corrected chi connectivity index (χ0v) is 26.4. The van der Waals surface area contributed by atoms with E-state index >= 15 is 0 Å². The van der Waals surface area contributed by atoms with Gasteiger partial charge in [0.1, 0.15) is 28.8 Å². The number of pyridine rings is 2. The lowest BCUT2D eigenvalue weighted by Crippen LogP contribution is -2.34. The third kappa shape index (κ3) is 5.32. The molecule has 0 bridgehead atoms. The summed E-state index contributed by atoms with van der Waals surface area (Å²) >= 11 is 0. The summed E-state index contributed by atoms with van der Waals surface area (Å²) in [4.78, 5) is 41.7. The normalized spacial score (nSPS) is 17.5. The molecule has 0 spiro atoms. The summed E-state index contributed by atoms with van der Waals surface area (Å²) in [5.41, 5.74) is 1.90. The molecule has 0 N–H and O–H groups in total. The van der Waals surface area contributed by atoms with Crippen LogP contribution in [0.4, 0.5) is 16.4 Å². The Hall–Kier alpha value is -4.02. The summed E-state index contributed by atoms with van der Waals surface area (Å²) < 4.78 is 7.74. The van der Waals surface area contributed by atoms with Gasteiger partial charge in [0, 0.05) is 37.2 Å². The minimum absolute atomic E-state index is 0.134. The monoisotopic (exact) mass is 574 g/mol. The second-order valence-electron chi connectivity index (χ2n) is 13.4. The van der Waals surface area contributed by atoms with Gasteiger partial charge in [-0.05, 0) is 73.1 Å². The fraction of sp³-hybridized carbons (Fsp3) is 0.548. The van der Waals surface area contributed by atoms with Crippen molar-refractivity contribution in [2.75, 3.05) is 23.9 Å². The fourth-order valence-corrected chi connectivity index (χ4v) is 5.75. The van der Waals surface area contributed by atoms with Crippen molar-refractivity contribution < 1.29 is 14.3 Å². The van der Waals surface area contributed by atoms with Gasteiger partial charge in [-0.3, -0.25) is 9.69 Å². The van der Waals surface area contributed by atoms with Gasteiger partial charge in [-0.25, -0.2) is 14.8 Å². The van der Waals surface area contributed by atoms with Gasteiger partial charge < -0.3 is 19.1 Å². The number of aromatic nitrogens is 5. The van der Waals surface area contributed by atoms with Crippen LogP contribution >= 0.6 is 0 Å². The molecular formula is C31H42N8O3. The van der Waals surface area contributed by atoms with Gasteiger partial charge in [0.05, 0.1) is 24.3 Å². The third-order valence-electron chi connectivity index (χ3n) is 8.00. The van der Waals surface area contributed by atoms with Crippen molar-refractivity contribution in [1.82, 2.24) is 29.6 Å². The Bertz CT molecular complexity index is 1540. The van der Waals surface area contributed by atoms with E-state index in [0.717, 1.165) is 17.8 Å². The molecule has 2 amide bonds. The average molecular weight is 575 g/mol. The van der Waals surface area contributed by atoms with Crippen LogP contribution in [-0.4, -0.2) is 67.4 Å². The van der Waals surface area contributed by atoms with Crippen molar-refractivity contribution in [1.29, 1.82) is 0 Å². The zero-order valence-electron chi connectivity index (χ0n) is 26.4. The predicted octanol–water partition coefficient (Wildman–Crippen LogP) is 5.35. The van der Waals surface area contributed by atoms with Crippen molar-refractivity contribution >= 4 is 23.6 Å². The molecular weight excluding hydrogens is 532 g/mol. The molecule has 5 heterocycles. The Kier molecular flexibility index (Phi) is 7.27. The van der Waals surface area contributed by atoms with Crippen LogP contribution in [-0.2, 0) is 23.4 Å². The maximum Gasteiger partial charge on any atom is 0.410 e. The van der Waals surface area contributed by atoms with Crippen molar-refractivity contribution in [2.45, 2.75) is 98.0 Å². The number of anilines is 2. The van der Waals surface area contributed by atoms with Crippen LogP contribution in [0.2, 0.25) is 0 Å². The van der Waals surface area contributed by atoms with Crippen LogP contribution in [0.3, 0.4) is 0 Å². The lowest BCUT2D eigenvalue weighted by molar-refractivity contribution is 0.0282. The van der Waals surface area contributed by atoms with E-state index in [-0.39, 0.29) is 24.0 Å². The molecule has 0 radical (unpaired) electrons. The molecule has 3 aromatic heterocycles. The summed E-state index contributed by atoms with van der Waals surface area (Å²) in [5, 5.41) is 8.98. The number of nitrogens with zero attached hydrogens (tertiary/aromatic N) is 8. The van der Waals surface area contributed by atoms with E-state index in [0.29, 0.717) is 46.9 Å². The maximum atomic E-state index is 13.9. The molecule has 0 saturated carbocycles. The van der Waals surface area contributed by atoms with E-state index in [9.17, 15) is 9.59 Å². The molecule has 0 fully saturated rings. The van der Waals surface area contributed by atoms with Crippen LogP contribution in [0.5, 0.6) is 0 Å². The highest BCUT2D eigenvalue weighted by molar-refractivity contribution is 6.10. The molecule has 11 heteroatoms. The van der Waals surface area contributed by atoms with E-state index in [1.165, 1.54) is 4.90 Å². The average Bonchev–Trinajstić information content (AvgIpc) is 3.56. The van der Waals surface area contributed by atoms with Crippen LogP contribution in [0.15, 0.2) is 24.3 Å². The Balaban J connectivity index is 1.51. The zero-order chi connectivity index (χ0) is 30.7. The smallest absolute Gasteiger partial charge is 0.410 e. The van der Waals surface area contributed by atoms with Crippen molar-refractivity contribution in [2.24, 2.45) is 0 Å². The molecule has 0 aliphatic carbocycles. The van der Waals surface area contributed by atoms with Gasteiger partial charge in [-0.1, -0.05) is 13.0 Å². The maximum absolute atomic E-state index is 13.9. The van der Waals surface area contributed by atoms with Gasteiger partial charge >= 0.3 is 6.09 Å². The summed E-state index contributed by atoms with van der Waals surface area (Å²) in [6.45, 7) is 16.7. The van der Waals surface area contributed by atoms with E-state index in [1.54, 1.807) is 11.9 Å². The van der Waals surface area contributed by atoms with E-state index < -0.39 is 11.7 Å². The van der Waals surface area contributed by atoms with E-state index in [2.05, 4.69) is 49.4 Å². The van der Waals surface area contributed by atoms with Gasteiger partial charge in [0.25, 0.3) is 5.91 Å². The van der Waals surface area contributed by atoms with Crippen LogP contribution in [0, 0.1) is 0 Å². The lowest BCUT2D eigenvalue weighted by Gasteiger charge is -2.26. The molecule has 1 atom stereocenters. The molecule has 11 nitrogen and oxygen atoms in total. The summed E-state index contributed by atoms with van der Waals surface area (Å²) in [5.74, 6) is 3.01. The highest BCUT2D eigenvalue weighted by atomic mass is 16.6. The Labute approximate surface area is 247 Å². The van der Waals surface area contributed by atoms with Crippen molar-refractivity contribution in [3.05, 3.63) is 46.9 Å². The van der Waals surface area contributed by atoms with Gasteiger partial charge in [0.2, 0.25) is 0 Å². The predicted molar refractivity (Wildman–Crippen MR) is 162 cm³/mol. The van der Waals surface area contributed by atoms with Gasteiger partial charge in [0.15, 0.2) is 5.82 Å². The Morgan fingerprint density at radius 2 is 1.88 bits per heavy atom.